The molecule has 86 valence electrons. The molecule has 0 unspecified atom stereocenters. The van der Waals surface area contributed by atoms with Crippen LogP contribution in [0.1, 0.15) is 26.3 Å². The lowest BCUT2D eigenvalue weighted by Gasteiger charge is -2.14. The molecule has 1 aromatic carbocycles. The van der Waals surface area contributed by atoms with Gasteiger partial charge in [0.25, 0.3) is 0 Å². The number of nitrogens with zero attached hydrogens (tertiary/aromatic N) is 1. The lowest BCUT2D eigenvalue weighted by Crippen LogP contribution is -2.28. The van der Waals surface area contributed by atoms with E-state index in [1.807, 2.05) is 26.0 Å². The SMILES string of the molecule is CC1=[N+](S(=O)(=O)[O-])c2ccccc2C1(C)C. The summed E-state index contributed by atoms with van der Waals surface area (Å²) in [5.74, 6) is 0. The molecular weight excluding hydrogens is 226 g/mol. The fraction of sp³-hybridized carbons (Fsp3) is 0.364. The minimum absolute atomic E-state index is 0.423. The van der Waals surface area contributed by atoms with Gasteiger partial charge in [-0.15, -0.1) is 0 Å². The van der Waals surface area contributed by atoms with Crippen molar-refractivity contribution in [2.45, 2.75) is 26.2 Å². The Hall–Kier alpha value is -1.20. The minimum Gasteiger partial charge on any atom is -0.693 e. The summed E-state index contributed by atoms with van der Waals surface area (Å²) in [6.45, 7) is 5.49. The molecule has 0 fully saturated rings. The minimum atomic E-state index is -4.49. The molecule has 16 heavy (non-hydrogen) atoms. The van der Waals surface area contributed by atoms with E-state index < -0.39 is 15.7 Å². The third-order valence-corrected chi connectivity index (χ3v) is 4.15. The second kappa shape index (κ2) is 3.15. The van der Waals surface area contributed by atoms with E-state index in [1.165, 1.54) is 0 Å². The third kappa shape index (κ3) is 1.39. The molecule has 1 aromatic rings. The molecule has 1 aliphatic rings. The van der Waals surface area contributed by atoms with Crippen molar-refractivity contribution in [2.24, 2.45) is 0 Å². The second-order valence-electron chi connectivity index (χ2n) is 4.45. The monoisotopic (exact) mass is 239 g/mol. The van der Waals surface area contributed by atoms with E-state index in [9.17, 15) is 13.0 Å². The Morgan fingerprint density at radius 3 is 2.38 bits per heavy atom. The summed E-state index contributed by atoms with van der Waals surface area (Å²) in [6, 6.07) is 7.08. The largest absolute Gasteiger partial charge is 0.693 e. The van der Waals surface area contributed by atoms with E-state index in [1.54, 1.807) is 19.1 Å². The highest BCUT2D eigenvalue weighted by Gasteiger charge is 2.45. The molecule has 0 atom stereocenters. The van der Waals surface area contributed by atoms with Crippen molar-refractivity contribution in [3.05, 3.63) is 29.8 Å². The molecule has 1 aliphatic heterocycles. The molecule has 0 radical (unpaired) electrons. The maximum atomic E-state index is 11.2. The van der Waals surface area contributed by atoms with E-state index >= 15 is 0 Å². The van der Waals surface area contributed by atoms with Crippen LogP contribution in [0.3, 0.4) is 0 Å². The van der Waals surface area contributed by atoms with Gasteiger partial charge in [-0.25, -0.2) is 0 Å². The van der Waals surface area contributed by atoms with Crippen molar-refractivity contribution in [1.29, 1.82) is 0 Å². The van der Waals surface area contributed by atoms with Gasteiger partial charge in [-0.1, -0.05) is 22.2 Å². The lowest BCUT2D eigenvalue weighted by atomic mass is 9.82. The first-order chi connectivity index (χ1) is 7.26. The normalized spacial score (nSPS) is 18.8. The molecule has 0 aliphatic carbocycles. The van der Waals surface area contributed by atoms with Crippen LogP contribution in [0.25, 0.3) is 0 Å². The van der Waals surface area contributed by atoms with Gasteiger partial charge in [0.1, 0.15) is 0 Å². The van der Waals surface area contributed by atoms with E-state index in [0.29, 0.717) is 11.4 Å². The Morgan fingerprint density at radius 1 is 1.25 bits per heavy atom. The summed E-state index contributed by atoms with van der Waals surface area (Å²) in [4.78, 5) is 0. The molecule has 4 nitrogen and oxygen atoms in total. The molecule has 0 N–H and O–H groups in total. The molecule has 1 heterocycles. The van der Waals surface area contributed by atoms with Crippen LogP contribution in [0.2, 0.25) is 0 Å². The second-order valence-corrected chi connectivity index (χ2v) is 5.67. The molecule has 2 rings (SSSR count). The number of hydrogen-bond donors (Lipinski definition) is 0. The van der Waals surface area contributed by atoms with E-state index in [2.05, 4.69) is 0 Å². The molecule has 0 aromatic heterocycles. The standard InChI is InChI=1S/C11H13NO3S/c1-8-11(2,3)9-6-4-5-7-10(9)12(8)16(13,14)15/h4-7H,1-3H3. The molecule has 0 saturated heterocycles. The molecular formula is C11H13NO3S. The Bertz CT molecular complexity index is 585. The fourth-order valence-electron chi connectivity index (χ4n) is 2.10. The zero-order chi connectivity index (χ0) is 12.1. The summed E-state index contributed by atoms with van der Waals surface area (Å²) in [5, 5.41) is 0. The molecule has 0 bridgehead atoms. The summed E-state index contributed by atoms with van der Waals surface area (Å²) in [6.07, 6.45) is 0. The van der Waals surface area contributed by atoms with Gasteiger partial charge < -0.3 is 4.55 Å². The van der Waals surface area contributed by atoms with E-state index in [0.717, 1.165) is 9.54 Å². The highest BCUT2D eigenvalue weighted by atomic mass is 32.2. The van der Waals surface area contributed by atoms with Crippen molar-refractivity contribution in [1.82, 2.24) is 0 Å². The Kier molecular flexibility index (Phi) is 2.22. The van der Waals surface area contributed by atoms with Gasteiger partial charge in [-0.05, 0) is 13.8 Å². The zero-order valence-corrected chi connectivity index (χ0v) is 10.2. The topological polar surface area (TPSA) is 60.2 Å². The van der Waals surface area contributed by atoms with E-state index in [-0.39, 0.29) is 0 Å². The van der Waals surface area contributed by atoms with Gasteiger partial charge in [-0.2, -0.15) is 8.42 Å². The predicted octanol–water partition coefficient (Wildman–Crippen LogP) is 1.54. The zero-order valence-electron chi connectivity index (χ0n) is 9.39. The van der Waals surface area contributed by atoms with Gasteiger partial charge in [0.2, 0.25) is 5.69 Å². The molecule has 0 saturated carbocycles. The summed E-state index contributed by atoms with van der Waals surface area (Å²) in [5.41, 5.74) is 1.46. The third-order valence-electron chi connectivity index (χ3n) is 3.23. The average molecular weight is 239 g/mol. The number of rotatable bonds is 1. The first-order valence-electron chi connectivity index (χ1n) is 4.96. The number of benzene rings is 1. The molecule has 0 amide bonds. The Morgan fingerprint density at radius 2 is 1.81 bits per heavy atom. The average Bonchev–Trinajstić information content (AvgIpc) is 2.35. The maximum Gasteiger partial charge on any atom is 0.330 e. The quantitative estimate of drug-likeness (QED) is 0.551. The first-order valence-corrected chi connectivity index (χ1v) is 6.32. The van der Waals surface area contributed by atoms with E-state index in [4.69, 9.17) is 0 Å². The number of para-hydroxylation sites is 1. The van der Waals surface area contributed by atoms with Crippen LogP contribution < -0.4 is 0 Å². The fourth-order valence-corrected chi connectivity index (χ4v) is 3.06. The van der Waals surface area contributed by atoms with Gasteiger partial charge in [0.15, 0.2) is 5.71 Å². The first kappa shape index (κ1) is 11.3. The summed E-state index contributed by atoms with van der Waals surface area (Å²) in [7, 11) is -4.49. The highest BCUT2D eigenvalue weighted by molar-refractivity contribution is 7.79. The van der Waals surface area contributed by atoms with Crippen molar-refractivity contribution < 1.29 is 17.0 Å². The predicted molar refractivity (Wildman–Crippen MR) is 59.8 cm³/mol. The van der Waals surface area contributed by atoms with Crippen LogP contribution in [-0.4, -0.2) is 22.7 Å². The van der Waals surface area contributed by atoms with Gasteiger partial charge in [-0.3, -0.25) is 0 Å². The van der Waals surface area contributed by atoms with Crippen LogP contribution in [0.4, 0.5) is 5.69 Å². The van der Waals surface area contributed by atoms with Crippen molar-refractivity contribution in [2.75, 3.05) is 0 Å². The van der Waals surface area contributed by atoms with Crippen molar-refractivity contribution in [3.63, 3.8) is 0 Å². The summed E-state index contributed by atoms with van der Waals surface area (Å²) >= 11 is 0. The Labute approximate surface area is 95.1 Å². The molecule has 0 spiro atoms. The number of hydrogen-bond acceptors (Lipinski definition) is 3. The van der Waals surface area contributed by atoms with Crippen LogP contribution in [0.5, 0.6) is 0 Å². The van der Waals surface area contributed by atoms with Gasteiger partial charge in [0, 0.05) is 18.6 Å². The van der Waals surface area contributed by atoms with Crippen molar-refractivity contribution >= 4 is 21.7 Å². The smallest absolute Gasteiger partial charge is 0.330 e. The molecule has 5 heteroatoms. The maximum absolute atomic E-state index is 11.2. The van der Waals surface area contributed by atoms with Gasteiger partial charge in [0.05, 0.1) is 5.41 Å². The lowest BCUT2D eigenvalue weighted by molar-refractivity contribution is -0.272. The van der Waals surface area contributed by atoms with Crippen molar-refractivity contribution in [3.8, 4) is 0 Å². The summed E-state index contributed by atoms with van der Waals surface area (Å²) < 4.78 is 34.6. The van der Waals surface area contributed by atoms with Crippen LogP contribution in [-0.2, 0) is 15.7 Å². The van der Waals surface area contributed by atoms with Crippen LogP contribution >= 0.6 is 0 Å². The highest BCUT2D eigenvalue weighted by Crippen LogP contribution is 2.39. The Balaban J connectivity index is 2.85. The van der Waals surface area contributed by atoms with Gasteiger partial charge >= 0.3 is 10.3 Å². The number of fused-ring (bicyclic) bond motifs is 1. The van der Waals surface area contributed by atoms with Crippen LogP contribution in [0, 0.1) is 0 Å². The van der Waals surface area contributed by atoms with Crippen LogP contribution in [0.15, 0.2) is 24.3 Å².